The van der Waals surface area contributed by atoms with Crippen LogP contribution in [0.1, 0.15) is 65.0 Å². The van der Waals surface area contributed by atoms with Gasteiger partial charge in [-0.05, 0) is 43.0 Å². The van der Waals surface area contributed by atoms with E-state index in [0.717, 1.165) is 11.3 Å². The number of nitrogens with one attached hydrogen (secondary N) is 2. The first-order valence-electron chi connectivity index (χ1n) is 11.4. The third-order valence-corrected chi connectivity index (χ3v) is 6.15. The highest BCUT2D eigenvalue weighted by atomic mass is 19.1. The lowest BCUT2D eigenvalue weighted by Gasteiger charge is -2.15. The van der Waals surface area contributed by atoms with Gasteiger partial charge in [-0.3, -0.25) is 9.78 Å². The number of halogens is 1. The number of aromatic amines is 1. The molecule has 4 aromatic heterocycles. The van der Waals surface area contributed by atoms with Crippen molar-refractivity contribution in [1.82, 2.24) is 24.9 Å². The zero-order chi connectivity index (χ0) is 23.7. The first-order valence-corrected chi connectivity index (χ1v) is 11.4. The lowest BCUT2D eigenvalue weighted by Crippen LogP contribution is -2.23. The molecule has 1 aliphatic carbocycles. The maximum Gasteiger partial charge on any atom is 0.224 e. The number of hydrogen-bond acceptors (Lipinski definition) is 7. The van der Waals surface area contributed by atoms with Crippen LogP contribution >= 0.6 is 0 Å². The quantitative estimate of drug-likeness (QED) is 0.257. The third-order valence-electron chi connectivity index (χ3n) is 6.15. The molecule has 0 amide bonds. The van der Waals surface area contributed by atoms with Crippen LogP contribution in [0.2, 0.25) is 0 Å². The summed E-state index contributed by atoms with van der Waals surface area (Å²) >= 11 is 0. The maximum absolute atomic E-state index is 15.0. The van der Waals surface area contributed by atoms with Crippen molar-refractivity contribution in [2.75, 3.05) is 11.9 Å². The van der Waals surface area contributed by atoms with Crippen LogP contribution < -0.4 is 5.32 Å². The van der Waals surface area contributed by atoms with Crippen molar-refractivity contribution < 1.29 is 14.3 Å². The lowest BCUT2D eigenvalue weighted by atomic mass is 10.0. The standard InChI is InChI=1S/C25H25FN6O2/c1-2-16(12-33)32-25-21-19(11-28-24(21)29-13-30-25)22(34)18-7-6-17(31-23(18)26)9-14-3-8-20(27-10-14)15-4-5-15/h3,6-8,10-11,13,15-16,33H,2,4-5,9,12H2,1H3,(H2,28,29,30,32)/t16-/m1/s1. The summed E-state index contributed by atoms with van der Waals surface area (Å²) in [5, 5.41) is 13.1. The number of aliphatic hydroxyl groups excluding tert-OH is 1. The molecule has 34 heavy (non-hydrogen) atoms. The van der Waals surface area contributed by atoms with Crippen molar-refractivity contribution in [3.8, 4) is 0 Å². The lowest BCUT2D eigenvalue weighted by molar-refractivity contribution is 0.103. The van der Waals surface area contributed by atoms with E-state index in [0.29, 0.717) is 41.3 Å². The minimum atomic E-state index is -0.826. The third kappa shape index (κ3) is 4.38. The fourth-order valence-electron chi connectivity index (χ4n) is 3.98. The predicted molar refractivity (Wildman–Crippen MR) is 125 cm³/mol. The Hall–Kier alpha value is -3.72. The summed E-state index contributed by atoms with van der Waals surface area (Å²) in [4.78, 5) is 33.1. The Morgan fingerprint density at radius 3 is 2.74 bits per heavy atom. The second-order valence-electron chi connectivity index (χ2n) is 8.59. The average Bonchev–Trinajstić information content (AvgIpc) is 3.61. The van der Waals surface area contributed by atoms with Gasteiger partial charge < -0.3 is 15.4 Å². The van der Waals surface area contributed by atoms with Gasteiger partial charge in [-0.2, -0.15) is 4.39 Å². The molecule has 1 fully saturated rings. The summed E-state index contributed by atoms with van der Waals surface area (Å²) in [7, 11) is 0. The molecule has 0 saturated heterocycles. The number of pyridine rings is 2. The zero-order valence-electron chi connectivity index (χ0n) is 18.8. The molecule has 3 N–H and O–H groups in total. The Labute approximate surface area is 195 Å². The Morgan fingerprint density at radius 2 is 2.06 bits per heavy atom. The van der Waals surface area contributed by atoms with Crippen molar-refractivity contribution in [1.29, 1.82) is 0 Å². The van der Waals surface area contributed by atoms with E-state index in [-0.39, 0.29) is 23.8 Å². The van der Waals surface area contributed by atoms with Crippen LogP contribution in [-0.4, -0.2) is 48.5 Å². The first-order chi connectivity index (χ1) is 16.6. The van der Waals surface area contributed by atoms with Crippen LogP contribution in [0, 0.1) is 5.95 Å². The SMILES string of the molecule is CC[C@H](CO)Nc1ncnc2[nH]cc(C(=O)c3ccc(Cc4ccc(C5CC5)nc4)nc3F)c12. The minimum Gasteiger partial charge on any atom is -0.394 e. The van der Waals surface area contributed by atoms with E-state index in [2.05, 4.69) is 30.2 Å². The number of fused-ring (bicyclic) bond motifs is 1. The zero-order valence-corrected chi connectivity index (χ0v) is 18.8. The van der Waals surface area contributed by atoms with Crippen LogP contribution in [0.25, 0.3) is 11.0 Å². The number of aliphatic hydroxyl groups is 1. The normalized spacial score (nSPS) is 14.3. The molecule has 1 saturated carbocycles. The van der Waals surface area contributed by atoms with Crippen molar-refractivity contribution in [3.63, 3.8) is 0 Å². The molecular formula is C25H25FN6O2. The van der Waals surface area contributed by atoms with Gasteiger partial charge in [-0.25, -0.2) is 15.0 Å². The maximum atomic E-state index is 15.0. The number of carbonyl (C=O) groups excluding carboxylic acids is 1. The summed E-state index contributed by atoms with van der Waals surface area (Å²) in [5.41, 5.74) is 3.11. The number of carbonyl (C=O) groups is 1. The molecule has 0 unspecified atom stereocenters. The van der Waals surface area contributed by atoms with E-state index in [9.17, 15) is 14.3 Å². The second-order valence-corrected chi connectivity index (χ2v) is 8.59. The molecule has 0 aliphatic heterocycles. The molecule has 1 aliphatic rings. The monoisotopic (exact) mass is 460 g/mol. The molecule has 4 aromatic rings. The molecule has 0 spiro atoms. The fourth-order valence-corrected chi connectivity index (χ4v) is 3.98. The fraction of sp³-hybridized carbons (Fsp3) is 0.320. The van der Waals surface area contributed by atoms with E-state index < -0.39 is 11.7 Å². The number of anilines is 1. The molecule has 0 bridgehead atoms. The van der Waals surface area contributed by atoms with E-state index in [1.807, 2.05) is 25.3 Å². The minimum absolute atomic E-state index is 0.0888. The summed E-state index contributed by atoms with van der Waals surface area (Å²) in [5.74, 6) is -0.361. The van der Waals surface area contributed by atoms with Gasteiger partial charge in [0.25, 0.3) is 0 Å². The Morgan fingerprint density at radius 1 is 1.21 bits per heavy atom. The molecule has 4 heterocycles. The summed E-state index contributed by atoms with van der Waals surface area (Å²) in [6, 6.07) is 6.90. The summed E-state index contributed by atoms with van der Waals surface area (Å²) in [6.45, 7) is 1.84. The predicted octanol–water partition coefficient (Wildman–Crippen LogP) is 3.77. The molecule has 0 aromatic carbocycles. The number of ketones is 1. The van der Waals surface area contributed by atoms with Gasteiger partial charge in [0.1, 0.15) is 17.8 Å². The molecule has 1 atom stereocenters. The van der Waals surface area contributed by atoms with E-state index >= 15 is 0 Å². The first kappa shape index (κ1) is 22.1. The van der Waals surface area contributed by atoms with Crippen LogP contribution in [-0.2, 0) is 6.42 Å². The van der Waals surface area contributed by atoms with Crippen LogP contribution in [0.15, 0.2) is 43.0 Å². The van der Waals surface area contributed by atoms with Gasteiger partial charge in [-0.15, -0.1) is 0 Å². The van der Waals surface area contributed by atoms with Gasteiger partial charge in [-0.1, -0.05) is 13.0 Å². The van der Waals surface area contributed by atoms with Crippen LogP contribution in [0.3, 0.4) is 0 Å². The van der Waals surface area contributed by atoms with Crippen LogP contribution in [0.5, 0.6) is 0 Å². The highest BCUT2D eigenvalue weighted by Gasteiger charge is 2.25. The van der Waals surface area contributed by atoms with Crippen molar-refractivity contribution in [2.24, 2.45) is 0 Å². The highest BCUT2D eigenvalue weighted by molar-refractivity contribution is 6.18. The topological polar surface area (TPSA) is 117 Å². The Bertz CT molecular complexity index is 1330. The van der Waals surface area contributed by atoms with E-state index in [1.54, 1.807) is 6.07 Å². The number of nitrogens with zero attached hydrogens (tertiary/aromatic N) is 4. The highest BCUT2D eigenvalue weighted by Crippen LogP contribution is 2.38. The summed E-state index contributed by atoms with van der Waals surface area (Å²) < 4.78 is 15.0. The molecular weight excluding hydrogens is 435 g/mol. The van der Waals surface area contributed by atoms with E-state index in [1.165, 1.54) is 31.4 Å². The average molecular weight is 461 g/mol. The molecule has 8 nitrogen and oxygen atoms in total. The van der Waals surface area contributed by atoms with Crippen LogP contribution in [0.4, 0.5) is 10.2 Å². The molecule has 5 rings (SSSR count). The number of rotatable bonds is 9. The van der Waals surface area contributed by atoms with Crippen molar-refractivity contribution in [3.05, 3.63) is 77.0 Å². The molecule has 174 valence electrons. The van der Waals surface area contributed by atoms with Gasteiger partial charge in [0.2, 0.25) is 5.95 Å². The van der Waals surface area contributed by atoms with Gasteiger partial charge in [0, 0.05) is 36.1 Å². The van der Waals surface area contributed by atoms with Gasteiger partial charge in [0.15, 0.2) is 5.78 Å². The Kier molecular flexibility index (Phi) is 6.02. The molecule has 9 heteroatoms. The van der Waals surface area contributed by atoms with Crippen molar-refractivity contribution in [2.45, 2.75) is 44.6 Å². The number of aromatic nitrogens is 5. The smallest absolute Gasteiger partial charge is 0.224 e. The number of hydrogen-bond donors (Lipinski definition) is 3. The van der Waals surface area contributed by atoms with E-state index in [4.69, 9.17) is 0 Å². The summed E-state index contributed by atoms with van der Waals surface area (Å²) in [6.07, 6.45) is 8.13. The molecule has 0 radical (unpaired) electrons. The van der Waals surface area contributed by atoms with Gasteiger partial charge >= 0.3 is 0 Å². The van der Waals surface area contributed by atoms with Crippen molar-refractivity contribution >= 4 is 22.6 Å². The van der Waals surface area contributed by atoms with Gasteiger partial charge in [0.05, 0.1) is 29.2 Å². The Balaban J connectivity index is 1.40. The largest absolute Gasteiger partial charge is 0.394 e. The second kappa shape index (κ2) is 9.26. The number of H-pyrrole nitrogens is 1.